The number of carbonyl (C=O) groups excluding carboxylic acids is 1. The van der Waals surface area contributed by atoms with E-state index in [0.29, 0.717) is 22.5 Å². The van der Waals surface area contributed by atoms with E-state index >= 15 is 0 Å². The lowest BCUT2D eigenvalue weighted by Gasteiger charge is -2.10. The Morgan fingerprint density at radius 1 is 0.769 bits per heavy atom. The van der Waals surface area contributed by atoms with Crippen LogP contribution in [0.25, 0.3) is 0 Å². The van der Waals surface area contributed by atoms with Gasteiger partial charge in [-0.05, 0) is 35.9 Å². The van der Waals surface area contributed by atoms with Gasteiger partial charge in [-0.2, -0.15) is 0 Å². The van der Waals surface area contributed by atoms with Gasteiger partial charge in [-0.25, -0.2) is 8.42 Å². The zero-order chi connectivity index (χ0) is 18.4. The normalized spacial score (nSPS) is 10.9. The molecule has 5 nitrogen and oxygen atoms in total. The van der Waals surface area contributed by atoms with Crippen molar-refractivity contribution in [3.8, 4) is 0 Å². The summed E-state index contributed by atoms with van der Waals surface area (Å²) >= 11 is 0. The molecule has 3 aromatic carbocycles. The SMILES string of the molecule is O=C(Nc1ccccc1)c1cccc(NS(=O)(=O)Cc2ccccc2)c1. The van der Waals surface area contributed by atoms with Crippen LogP contribution in [0.1, 0.15) is 15.9 Å². The van der Waals surface area contributed by atoms with Gasteiger partial charge in [-0.3, -0.25) is 9.52 Å². The molecule has 0 unspecified atom stereocenters. The molecular weight excluding hydrogens is 348 g/mol. The molecule has 0 aromatic heterocycles. The maximum absolute atomic E-state index is 12.3. The zero-order valence-electron chi connectivity index (χ0n) is 13.9. The van der Waals surface area contributed by atoms with Gasteiger partial charge in [0, 0.05) is 16.9 Å². The highest BCUT2D eigenvalue weighted by Gasteiger charge is 2.13. The number of para-hydroxylation sites is 1. The van der Waals surface area contributed by atoms with Gasteiger partial charge in [-0.15, -0.1) is 0 Å². The van der Waals surface area contributed by atoms with E-state index in [4.69, 9.17) is 0 Å². The predicted octanol–water partition coefficient (Wildman–Crippen LogP) is 3.88. The van der Waals surface area contributed by atoms with Crippen LogP contribution in [0.5, 0.6) is 0 Å². The molecule has 0 fully saturated rings. The summed E-state index contributed by atoms with van der Waals surface area (Å²) in [5.41, 5.74) is 2.08. The van der Waals surface area contributed by atoms with E-state index in [9.17, 15) is 13.2 Å². The summed E-state index contributed by atoms with van der Waals surface area (Å²) in [5.74, 6) is -0.436. The summed E-state index contributed by atoms with van der Waals surface area (Å²) in [5, 5.41) is 2.77. The van der Waals surface area contributed by atoms with Crippen LogP contribution in [0, 0.1) is 0 Å². The monoisotopic (exact) mass is 366 g/mol. The van der Waals surface area contributed by atoms with Gasteiger partial charge in [-0.1, -0.05) is 54.6 Å². The number of sulfonamides is 1. The van der Waals surface area contributed by atoms with Crippen molar-refractivity contribution in [3.05, 3.63) is 96.1 Å². The lowest BCUT2D eigenvalue weighted by atomic mass is 10.2. The Bertz CT molecular complexity index is 988. The average Bonchev–Trinajstić information content (AvgIpc) is 2.63. The number of hydrogen-bond donors (Lipinski definition) is 2. The van der Waals surface area contributed by atoms with Crippen LogP contribution < -0.4 is 10.0 Å². The Morgan fingerprint density at radius 3 is 2.08 bits per heavy atom. The van der Waals surface area contributed by atoms with Crippen molar-refractivity contribution in [2.24, 2.45) is 0 Å². The molecule has 26 heavy (non-hydrogen) atoms. The molecule has 0 atom stereocenters. The molecule has 0 saturated heterocycles. The molecule has 3 aromatic rings. The van der Waals surface area contributed by atoms with E-state index in [2.05, 4.69) is 10.0 Å². The molecule has 0 aliphatic rings. The Kier molecular flexibility index (Phi) is 5.34. The maximum atomic E-state index is 12.3. The third kappa shape index (κ3) is 4.94. The highest BCUT2D eigenvalue weighted by Crippen LogP contribution is 2.16. The zero-order valence-corrected chi connectivity index (χ0v) is 14.7. The van der Waals surface area contributed by atoms with Crippen molar-refractivity contribution in [2.75, 3.05) is 10.0 Å². The molecule has 3 rings (SSSR count). The van der Waals surface area contributed by atoms with E-state index in [1.807, 2.05) is 24.3 Å². The molecule has 2 N–H and O–H groups in total. The van der Waals surface area contributed by atoms with Crippen LogP contribution in [-0.2, 0) is 15.8 Å². The number of rotatable bonds is 6. The van der Waals surface area contributed by atoms with E-state index in [0.717, 1.165) is 0 Å². The highest BCUT2D eigenvalue weighted by atomic mass is 32.2. The van der Waals surface area contributed by atoms with Crippen LogP contribution in [0.4, 0.5) is 11.4 Å². The van der Waals surface area contributed by atoms with Crippen LogP contribution in [0.2, 0.25) is 0 Å². The van der Waals surface area contributed by atoms with Crippen LogP contribution in [0.15, 0.2) is 84.9 Å². The van der Waals surface area contributed by atoms with E-state index in [-0.39, 0.29) is 11.7 Å². The molecule has 0 saturated carbocycles. The molecule has 132 valence electrons. The third-order valence-electron chi connectivity index (χ3n) is 3.63. The second kappa shape index (κ2) is 7.84. The minimum atomic E-state index is -3.57. The van der Waals surface area contributed by atoms with Crippen molar-refractivity contribution in [1.29, 1.82) is 0 Å². The first-order valence-corrected chi connectivity index (χ1v) is 9.68. The van der Waals surface area contributed by atoms with Crippen LogP contribution in [0.3, 0.4) is 0 Å². The third-order valence-corrected chi connectivity index (χ3v) is 4.89. The van der Waals surface area contributed by atoms with Gasteiger partial charge < -0.3 is 5.32 Å². The fourth-order valence-corrected chi connectivity index (χ4v) is 3.65. The van der Waals surface area contributed by atoms with Crippen molar-refractivity contribution in [3.63, 3.8) is 0 Å². The summed E-state index contributed by atoms with van der Waals surface area (Å²) < 4.78 is 27.2. The minimum absolute atomic E-state index is 0.131. The molecular formula is C20H18N2O3S. The summed E-state index contributed by atoms with van der Waals surface area (Å²) in [6.07, 6.45) is 0. The number of carbonyl (C=O) groups is 1. The molecule has 0 heterocycles. The topological polar surface area (TPSA) is 75.3 Å². The molecule has 0 aliphatic heterocycles. The first kappa shape index (κ1) is 17.7. The lowest BCUT2D eigenvalue weighted by Crippen LogP contribution is -2.16. The van der Waals surface area contributed by atoms with Gasteiger partial charge in [0.05, 0.1) is 5.75 Å². The second-order valence-electron chi connectivity index (χ2n) is 5.75. The largest absolute Gasteiger partial charge is 0.322 e. The van der Waals surface area contributed by atoms with E-state index < -0.39 is 10.0 Å². The van der Waals surface area contributed by atoms with Gasteiger partial charge in [0.15, 0.2) is 0 Å². The molecule has 1 amide bonds. The minimum Gasteiger partial charge on any atom is -0.322 e. The number of anilines is 2. The Hall–Kier alpha value is -3.12. The summed E-state index contributed by atoms with van der Waals surface area (Å²) in [4.78, 5) is 12.3. The summed E-state index contributed by atoms with van der Waals surface area (Å²) in [6.45, 7) is 0. The fraction of sp³-hybridized carbons (Fsp3) is 0.0500. The van der Waals surface area contributed by atoms with Gasteiger partial charge >= 0.3 is 0 Å². The van der Waals surface area contributed by atoms with Crippen molar-refractivity contribution in [2.45, 2.75) is 5.75 Å². The number of benzene rings is 3. The molecule has 0 spiro atoms. The second-order valence-corrected chi connectivity index (χ2v) is 7.47. The van der Waals surface area contributed by atoms with Gasteiger partial charge in [0.1, 0.15) is 0 Å². The Balaban J connectivity index is 1.71. The van der Waals surface area contributed by atoms with E-state index in [1.54, 1.807) is 54.6 Å². The Labute approximate surface area is 152 Å². The quantitative estimate of drug-likeness (QED) is 0.695. The maximum Gasteiger partial charge on any atom is 0.255 e. The Morgan fingerprint density at radius 2 is 1.38 bits per heavy atom. The summed E-state index contributed by atoms with van der Waals surface area (Å²) in [7, 11) is -3.57. The van der Waals surface area contributed by atoms with E-state index in [1.165, 1.54) is 6.07 Å². The van der Waals surface area contributed by atoms with Crippen molar-refractivity contribution in [1.82, 2.24) is 0 Å². The van der Waals surface area contributed by atoms with Crippen LogP contribution in [-0.4, -0.2) is 14.3 Å². The van der Waals surface area contributed by atoms with Gasteiger partial charge in [0.2, 0.25) is 10.0 Å². The van der Waals surface area contributed by atoms with Crippen molar-refractivity contribution >= 4 is 27.3 Å². The van der Waals surface area contributed by atoms with Crippen molar-refractivity contribution < 1.29 is 13.2 Å². The lowest BCUT2D eigenvalue weighted by molar-refractivity contribution is 0.102. The van der Waals surface area contributed by atoms with Crippen LogP contribution >= 0.6 is 0 Å². The first-order chi connectivity index (χ1) is 12.5. The number of nitrogens with one attached hydrogen (secondary N) is 2. The average molecular weight is 366 g/mol. The number of hydrogen-bond acceptors (Lipinski definition) is 3. The molecule has 0 radical (unpaired) electrons. The highest BCUT2D eigenvalue weighted by molar-refractivity contribution is 7.91. The molecule has 6 heteroatoms. The molecule has 0 bridgehead atoms. The number of amides is 1. The first-order valence-electron chi connectivity index (χ1n) is 8.03. The predicted molar refractivity (Wildman–Crippen MR) is 104 cm³/mol. The standard InChI is InChI=1S/C20H18N2O3S/c23-20(21-18-11-5-2-6-12-18)17-10-7-13-19(14-17)22-26(24,25)15-16-8-3-1-4-9-16/h1-14,22H,15H2,(H,21,23). The van der Waals surface area contributed by atoms with Gasteiger partial charge in [0.25, 0.3) is 5.91 Å². The molecule has 0 aliphatic carbocycles. The smallest absolute Gasteiger partial charge is 0.255 e. The summed E-state index contributed by atoms with van der Waals surface area (Å²) in [6, 6.07) is 24.4. The fourth-order valence-electron chi connectivity index (χ4n) is 2.46.